The number of amides is 2. The van der Waals surface area contributed by atoms with Crippen LogP contribution in [0.15, 0.2) is 59.5 Å². The maximum atomic E-state index is 12.6. The molecule has 3 heterocycles. The van der Waals surface area contributed by atoms with Gasteiger partial charge < -0.3 is 21.2 Å². The van der Waals surface area contributed by atoms with Crippen molar-refractivity contribution in [2.75, 3.05) is 11.1 Å². The van der Waals surface area contributed by atoms with E-state index in [2.05, 4.69) is 20.4 Å². The van der Waals surface area contributed by atoms with Crippen LogP contribution in [-0.2, 0) is 0 Å². The van der Waals surface area contributed by atoms with Crippen LogP contribution in [0, 0.1) is 0 Å². The largest absolute Gasteiger partial charge is 0.444 e. The smallest absolute Gasteiger partial charge is 0.277 e. The number of nitrogens with zero attached hydrogens (tertiary/aromatic N) is 4. The zero-order chi connectivity index (χ0) is 21.3. The summed E-state index contributed by atoms with van der Waals surface area (Å²) in [5.41, 5.74) is 12.2. The fourth-order valence-corrected chi connectivity index (χ4v) is 2.86. The first kappa shape index (κ1) is 19.2. The predicted molar refractivity (Wildman–Crippen MR) is 109 cm³/mol. The SMILES string of the molecule is NC(=O)c1nn(-c2cccc(Cl)c2)cc1NC(=O)c1coc(-c2ccnc(N)c2)n1. The molecule has 0 aliphatic rings. The highest BCUT2D eigenvalue weighted by Gasteiger charge is 2.20. The molecule has 3 aromatic heterocycles. The van der Waals surface area contributed by atoms with Crippen molar-refractivity contribution in [1.29, 1.82) is 0 Å². The number of rotatable bonds is 5. The summed E-state index contributed by atoms with van der Waals surface area (Å²) in [4.78, 5) is 32.4. The second-order valence-corrected chi connectivity index (χ2v) is 6.58. The maximum Gasteiger partial charge on any atom is 0.277 e. The summed E-state index contributed by atoms with van der Waals surface area (Å²) >= 11 is 6.00. The second kappa shape index (κ2) is 7.68. The van der Waals surface area contributed by atoms with Crippen LogP contribution in [0.25, 0.3) is 17.1 Å². The van der Waals surface area contributed by atoms with Crippen molar-refractivity contribution in [1.82, 2.24) is 19.7 Å². The van der Waals surface area contributed by atoms with Crippen molar-refractivity contribution >= 4 is 34.9 Å². The van der Waals surface area contributed by atoms with Crippen LogP contribution in [0.2, 0.25) is 5.02 Å². The van der Waals surface area contributed by atoms with E-state index >= 15 is 0 Å². The van der Waals surface area contributed by atoms with Crippen molar-refractivity contribution in [3.63, 3.8) is 0 Å². The number of aromatic nitrogens is 4. The monoisotopic (exact) mass is 423 g/mol. The summed E-state index contributed by atoms with van der Waals surface area (Å²) in [7, 11) is 0. The van der Waals surface area contributed by atoms with Gasteiger partial charge in [-0.05, 0) is 30.3 Å². The topological polar surface area (TPSA) is 155 Å². The minimum atomic E-state index is -0.806. The lowest BCUT2D eigenvalue weighted by Gasteiger charge is -2.01. The Kier molecular flexibility index (Phi) is 4.90. The zero-order valence-corrected chi connectivity index (χ0v) is 16.0. The van der Waals surface area contributed by atoms with Crippen LogP contribution >= 0.6 is 11.6 Å². The number of primary amides is 1. The van der Waals surface area contributed by atoms with Crippen LogP contribution in [0.4, 0.5) is 11.5 Å². The van der Waals surface area contributed by atoms with Gasteiger partial charge in [0.05, 0.1) is 17.6 Å². The summed E-state index contributed by atoms with van der Waals surface area (Å²) in [5.74, 6) is -0.936. The van der Waals surface area contributed by atoms with E-state index in [1.54, 1.807) is 36.4 Å². The van der Waals surface area contributed by atoms with E-state index in [1.807, 2.05) is 0 Å². The van der Waals surface area contributed by atoms with Gasteiger partial charge in [-0.2, -0.15) is 5.10 Å². The number of hydrogen-bond acceptors (Lipinski definition) is 7. The average molecular weight is 424 g/mol. The molecule has 4 aromatic rings. The van der Waals surface area contributed by atoms with Crippen molar-refractivity contribution < 1.29 is 14.0 Å². The van der Waals surface area contributed by atoms with Crippen molar-refractivity contribution in [2.45, 2.75) is 0 Å². The lowest BCUT2D eigenvalue weighted by Crippen LogP contribution is -2.18. The molecule has 2 amide bonds. The third-order valence-corrected chi connectivity index (χ3v) is 4.27. The molecule has 0 aliphatic heterocycles. The number of halogens is 1. The molecule has 0 unspecified atom stereocenters. The quantitative estimate of drug-likeness (QED) is 0.445. The molecule has 1 aromatic carbocycles. The predicted octanol–water partition coefficient (Wildman–Crippen LogP) is 2.51. The lowest BCUT2D eigenvalue weighted by molar-refractivity contribution is 0.0996. The van der Waals surface area contributed by atoms with E-state index in [9.17, 15) is 9.59 Å². The molecule has 4 rings (SSSR count). The molecular formula is C19H14ClN7O3. The molecular weight excluding hydrogens is 410 g/mol. The summed E-state index contributed by atoms with van der Waals surface area (Å²) in [6.07, 6.45) is 4.14. The highest BCUT2D eigenvalue weighted by Crippen LogP contribution is 2.22. The molecule has 11 heteroatoms. The van der Waals surface area contributed by atoms with Gasteiger partial charge in [0.25, 0.3) is 11.8 Å². The summed E-state index contributed by atoms with van der Waals surface area (Å²) in [5, 5.41) is 7.19. The number of nitrogens with one attached hydrogen (secondary N) is 1. The van der Waals surface area contributed by atoms with Crippen molar-refractivity contribution in [3.05, 3.63) is 71.5 Å². The van der Waals surface area contributed by atoms with Crippen molar-refractivity contribution in [2.24, 2.45) is 5.73 Å². The first-order valence-electron chi connectivity index (χ1n) is 8.55. The number of hydrogen-bond donors (Lipinski definition) is 3. The minimum absolute atomic E-state index is 0.00805. The number of oxazole rings is 1. The number of anilines is 2. The Hall–Kier alpha value is -4.18. The van der Waals surface area contributed by atoms with Gasteiger partial charge in [0, 0.05) is 16.8 Å². The molecule has 0 aliphatic carbocycles. The fraction of sp³-hybridized carbons (Fsp3) is 0. The van der Waals surface area contributed by atoms with Gasteiger partial charge in [-0.3, -0.25) is 9.59 Å². The van der Waals surface area contributed by atoms with Gasteiger partial charge in [-0.15, -0.1) is 0 Å². The standard InChI is InChI=1S/C19H14ClN7O3/c20-11-2-1-3-12(7-11)27-8-13(16(26-27)17(22)28)24-18(29)14-9-30-19(25-14)10-4-5-23-15(21)6-10/h1-9H,(H2,21,23)(H2,22,28)(H,24,29). The third-order valence-electron chi connectivity index (χ3n) is 4.03. The Morgan fingerprint density at radius 2 is 2.03 bits per heavy atom. The average Bonchev–Trinajstić information content (AvgIpc) is 3.36. The van der Waals surface area contributed by atoms with Crippen LogP contribution in [0.1, 0.15) is 21.0 Å². The Balaban J connectivity index is 1.61. The van der Waals surface area contributed by atoms with Crippen LogP contribution in [-0.4, -0.2) is 31.6 Å². The molecule has 150 valence electrons. The minimum Gasteiger partial charge on any atom is -0.444 e. The zero-order valence-electron chi connectivity index (χ0n) is 15.2. The van der Waals surface area contributed by atoms with Gasteiger partial charge >= 0.3 is 0 Å². The Morgan fingerprint density at radius 3 is 2.77 bits per heavy atom. The highest BCUT2D eigenvalue weighted by molar-refractivity contribution is 6.30. The van der Waals surface area contributed by atoms with Gasteiger partial charge in [0.15, 0.2) is 11.4 Å². The van der Waals surface area contributed by atoms with Crippen LogP contribution in [0.3, 0.4) is 0 Å². The fourth-order valence-electron chi connectivity index (χ4n) is 2.68. The van der Waals surface area contributed by atoms with E-state index < -0.39 is 11.8 Å². The van der Waals surface area contributed by atoms with Gasteiger partial charge in [-0.25, -0.2) is 14.6 Å². The first-order chi connectivity index (χ1) is 14.4. The molecule has 30 heavy (non-hydrogen) atoms. The summed E-state index contributed by atoms with van der Waals surface area (Å²) in [6, 6.07) is 10.0. The number of carbonyl (C=O) groups excluding carboxylic acids is 2. The molecule has 10 nitrogen and oxygen atoms in total. The highest BCUT2D eigenvalue weighted by atomic mass is 35.5. The first-order valence-corrected chi connectivity index (χ1v) is 8.92. The van der Waals surface area contributed by atoms with E-state index in [0.29, 0.717) is 16.3 Å². The Labute approximate surface area is 174 Å². The van der Waals surface area contributed by atoms with E-state index in [4.69, 9.17) is 27.5 Å². The number of nitrogen functional groups attached to an aromatic ring is 1. The second-order valence-electron chi connectivity index (χ2n) is 6.14. The van der Waals surface area contributed by atoms with Crippen LogP contribution < -0.4 is 16.8 Å². The van der Waals surface area contributed by atoms with Crippen LogP contribution in [0.5, 0.6) is 0 Å². The number of carbonyl (C=O) groups is 2. The maximum absolute atomic E-state index is 12.6. The molecule has 0 bridgehead atoms. The normalized spacial score (nSPS) is 10.7. The molecule has 0 saturated carbocycles. The third kappa shape index (κ3) is 3.84. The number of pyridine rings is 1. The van der Waals surface area contributed by atoms with Gasteiger partial charge in [0.2, 0.25) is 5.89 Å². The lowest BCUT2D eigenvalue weighted by atomic mass is 10.2. The van der Waals surface area contributed by atoms with Crippen molar-refractivity contribution in [3.8, 4) is 17.1 Å². The summed E-state index contributed by atoms with van der Waals surface area (Å²) in [6.45, 7) is 0. The molecule has 0 saturated heterocycles. The molecule has 0 fully saturated rings. The molecule has 5 N–H and O–H groups in total. The molecule has 0 radical (unpaired) electrons. The molecule has 0 atom stereocenters. The van der Waals surface area contributed by atoms with Gasteiger partial charge in [0.1, 0.15) is 12.1 Å². The summed E-state index contributed by atoms with van der Waals surface area (Å²) < 4.78 is 6.73. The number of nitrogens with two attached hydrogens (primary N) is 2. The van der Waals surface area contributed by atoms with E-state index in [0.717, 1.165) is 0 Å². The molecule has 0 spiro atoms. The Bertz CT molecular complexity index is 1260. The van der Waals surface area contributed by atoms with E-state index in [-0.39, 0.29) is 28.8 Å². The van der Waals surface area contributed by atoms with Gasteiger partial charge in [-0.1, -0.05) is 17.7 Å². The van der Waals surface area contributed by atoms with E-state index in [1.165, 1.54) is 23.3 Å². The Morgan fingerprint density at radius 1 is 1.20 bits per heavy atom. The number of benzene rings is 1.